The molecule has 0 fully saturated rings. The number of nitrogens with zero attached hydrogens (tertiary/aromatic N) is 1. The Bertz CT molecular complexity index is 1040. The van der Waals surface area contributed by atoms with E-state index in [9.17, 15) is 22.8 Å². The Kier molecular flexibility index (Phi) is 4.84. The van der Waals surface area contributed by atoms with E-state index >= 15 is 0 Å². The van der Waals surface area contributed by atoms with Gasteiger partial charge in [-0.3, -0.25) is 19.3 Å². The summed E-state index contributed by atoms with van der Waals surface area (Å²) in [5, 5.41) is 2.62. The minimum atomic E-state index is -3.31. The zero-order valence-electron chi connectivity index (χ0n) is 14.9. The van der Waals surface area contributed by atoms with Crippen molar-refractivity contribution >= 4 is 33.2 Å². The van der Waals surface area contributed by atoms with Crippen LogP contribution < -0.4 is 5.32 Å². The van der Waals surface area contributed by atoms with Crippen molar-refractivity contribution in [2.24, 2.45) is 0 Å². The van der Waals surface area contributed by atoms with Gasteiger partial charge in [0.15, 0.2) is 9.84 Å². The molecule has 1 aliphatic rings. The molecule has 8 heteroatoms. The van der Waals surface area contributed by atoms with Gasteiger partial charge in [0, 0.05) is 24.9 Å². The second-order valence-electron chi connectivity index (χ2n) is 6.41. The first kappa shape index (κ1) is 18.8. The minimum Gasteiger partial charge on any atom is -0.326 e. The van der Waals surface area contributed by atoms with E-state index in [1.54, 1.807) is 18.2 Å². The molecule has 1 heterocycles. The third kappa shape index (κ3) is 3.90. The first-order chi connectivity index (χ1) is 12.7. The molecule has 0 bridgehead atoms. The summed E-state index contributed by atoms with van der Waals surface area (Å²) in [5.74, 6) is -1.18. The van der Waals surface area contributed by atoms with E-state index in [-0.39, 0.29) is 23.8 Å². The van der Waals surface area contributed by atoms with Gasteiger partial charge in [-0.25, -0.2) is 8.42 Å². The highest BCUT2D eigenvalue weighted by molar-refractivity contribution is 7.90. The third-order valence-corrected chi connectivity index (χ3v) is 5.38. The first-order valence-electron chi connectivity index (χ1n) is 8.23. The number of rotatable bonds is 5. The van der Waals surface area contributed by atoms with Crippen molar-refractivity contribution in [2.75, 3.05) is 18.1 Å². The SMILES string of the molecule is Cc1ccc2c(c1)C(=O)N(CCC(=O)Nc1ccc(S(C)(=O)=O)cc1)C2=O. The van der Waals surface area contributed by atoms with Crippen molar-refractivity contribution < 1.29 is 22.8 Å². The summed E-state index contributed by atoms with van der Waals surface area (Å²) in [6, 6.07) is 10.8. The number of sulfone groups is 1. The Hall–Kier alpha value is -3.00. The molecule has 140 valence electrons. The van der Waals surface area contributed by atoms with Crippen LogP contribution in [0.3, 0.4) is 0 Å². The summed E-state index contributed by atoms with van der Waals surface area (Å²) >= 11 is 0. The van der Waals surface area contributed by atoms with E-state index in [0.717, 1.165) is 16.7 Å². The van der Waals surface area contributed by atoms with Crippen LogP contribution in [0.2, 0.25) is 0 Å². The van der Waals surface area contributed by atoms with E-state index in [1.807, 2.05) is 6.92 Å². The van der Waals surface area contributed by atoms with Crippen LogP contribution in [0.1, 0.15) is 32.7 Å². The molecule has 27 heavy (non-hydrogen) atoms. The van der Waals surface area contributed by atoms with Crippen molar-refractivity contribution in [3.05, 3.63) is 59.2 Å². The summed E-state index contributed by atoms with van der Waals surface area (Å²) in [6.07, 6.45) is 1.04. The maximum absolute atomic E-state index is 12.4. The van der Waals surface area contributed by atoms with Gasteiger partial charge in [0.25, 0.3) is 11.8 Å². The second kappa shape index (κ2) is 6.96. The lowest BCUT2D eigenvalue weighted by Gasteiger charge is -2.13. The zero-order chi connectivity index (χ0) is 19.8. The topological polar surface area (TPSA) is 101 Å². The molecular formula is C19H18N2O5S. The van der Waals surface area contributed by atoms with Gasteiger partial charge in [-0.2, -0.15) is 0 Å². The van der Waals surface area contributed by atoms with Crippen LogP contribution in [0.5, 0.6) is 0 Å². The monoisotopic (exact) mass is 386 g/mol. The number of hydrogen-bond donors (Lipinski definition) is 1. The summed E-state index contributed by atoms with van der Waals surface area (Å²) in [7, 11) is -3.31. The fraction of sp³-hybridized carbons (Fsp3) is 0.211. The third-order valence-electron chi connectivity index (χ3n) is 4.25. The highest BCUT2D eigenvalue weighted by atomic mass is 32.2. The number of anilines is 1. The molecule has 0 aromatic heterocycles. The van der Waals surface area contributed by atoms with Crippen LogP contribution in [0.4, 0.5) is 5.69 Å². The molecule has 0 saturated carbocycles. The Morgan fingerprint density at radius 2 is 1.63 bits per heavy atom. The number of fused-ring (bicyclic) bond motifs is 1. The van der Waals surface area contributed by atoms with Gasteiger partial charge >= 0.3 is 0 Å². The second-order valence-corrected chi connectivity index (χ2v) is 8.42. The van der Waals surface area contributed by atoms with Crippen molar-refractivity contribution in [1.82, 2.24) is 4.90 Å². The van der Waals surface area contributed by atoms with E-state index in [0.29, 0.717) is 16.8 Å². The van der Waals surface area contributed by atoms with E-state index in [1.165, 1.54) is 24.3 Å². The molecule has 0 aliphatic carbocycles. The Balaban J connectivity index is 1.61. The minimum absolute atomic E-state index is 0.0291. The molecule has 0 spiro atoms. The highest BCUT2D eigenvalue weighted by Crippen LogP contribution is 2.24. The molecule has 2 aromatic carbocycles. The number of carbonyl (C=O) groups is 3. The van der Waals surface area contributed by atoms with Crippen LogP contribution in [0.15, 0.2) is 47.4 Å². The Morgan fingerprint density at radius 1 is 1.00 bits per heavy atom. The number of benzene rings is 2. The summed E-state index contributed by atoms with van der Waals surface area (Å²) in [5.41, 5.74) is 2.02. The van der Waals surface area contributed by atoms with Gasteiger partial charge in [0.05, 0.1) is 16.0 Å². The van der Waals surface area contributed by atoms with Crippen LogP contribution >= 0.6 is 0 Å². The van der Waals surface area contributed by atoms with E-state index in [2.05, 4.69) is 5.32 Å². The summed E-state index contributed by atoms with van der Waals surface area (Å²) in [4.78, 5) is 38.0. The molecule has 1 N–H and O–H groups in total. The normalized spacial score (nSPS) is 13.6. The average Bonchev–Trinajstić information content (AvgIpc) is 2.83. The first-order valence-corrected chi connectivity index (χ1v) is 10.1. The summed E-state index contributed by atoms with van der Waals surface area (Å²) < 4.78 is 22.9. The lowest BCUT2D eigenvalue weighted by molar-refractivity contribution is -0.116. The number of nitrogens with one attached hydrogen (secondary N) is 1. The number of amides is 3. The van der Waals surface area contributed by atoms with Gasteiger partial charge < -0.3 is 5.32 Å². The van der Waals surface area contributed by atoms with Crippen LogP contribution in [0.25, 0.3) is 0 Å². The molecule has 3 amide bonds. The van der Waals surface area contributed by atoms with Crippen LogP contribution in [-0.4, -0.2) is 43.8 Å². The van der Waals surface area contributed by atoms with Crippen LogP contribution in [-0.2, 0) is 14.6 Å². The van der Waals surface area contributed by atoms with E-state index < -0.39 is 21.7 Å². The highest BCUT2D eigenvalue weighted by Gasteiger charge is 2.35. The molecular weight excluding hydrogens is 368 g/mol. The Labute approximate surface area is 156 Å². The average molecular weight is 386 g/mol. The van der Waals surface area contributed by atoms with Gasteiger partial charge in [0.1, 0.15) is 0 Å². The van der Waals surface area contributed by atoms with Gasteiger partial charge in [-0.1, -0.05) is 11.6 Å². The predicted molar refractivity (Wildman–Crippen MR) is 99.3 cm³/mol. The molecule has 7 nitrogen and oxygen atoms in total. The fourth-order valence-corrected chi connectivity index (χ4v) is 3.46. The molecule has 0 saturated heterocycles. The maximum atomic E-state index is 12.4. The number of imide groups is 1. The van der Waals surface area contributed by atoms with Gasteiger partial charge in [-0.05, 0) is 43.3 Å². The molecule has 3 rings (SSSR count). The number of hydrogen-bond acceptors (Lipinski definition) is 5. The molecule has 1 aliphatic heterocycles. The summed E-state index contributed by atoms with van der Waals surface area (Å²) in [6.45, 7) is 1.81. The predicted octanol–water partition coefficient (Wildman–Crippen LogP) is 2.02. The zero-order valence-corrected chi connectivity index (χ0v) is 15.7. The molecule has 0 radical (unpaired) electrons. The van der Waals surface area contributed by atoms with Crippen molar-refractivity contribution in [1.29, 1.82) is 0 Å². The van der Waals surface area contributed by atoms with Crippen molar-refractivity contribution in [2.45, 2.75) is 18.2 Å². The van der Waals surface area contributed by atoms with Gasteiger partial charge in [-0.15, -0.1) is 0 Å². The molecule has 0 atom stereocenters. The molecule has 2 aromatic rings. The number of aryl methyl sites for hydroxylation is 1. The smallest absolute Gasteiger partial charge is 0.261 e. The lowest BCUT2D eigenvalue weighted by atomic mass is 10.1. The number of carbonyl (C=O) groups excluding carboxylic acids is 3. The molecule has 0 unspecified atom stereocenters. The van der Waals surface area contributed by atoms with E-state index in [4.69, 9.17) is 0 Å². The largest absolute Gasteiger partial charge is 0.326 e. The standard InChI is InChI=1S/C19H18N2O5S/c1-12-3-8-15-16(11-12)19(24)21(18(15)23)10-9-17(22)20-13-4-6-14(7-5-13)27(2,25)26/h3-8,11H,9-10H2,1-2H3,(H,20,22). The quantitative estimate of drug-likeness (QED) is 0.793. The Morgan fingerprint density at radius 3 is 2.26 bits per heavy atom. The van der Waals surface area contributed by atoms with Crippen molar-refractivity contribution in [3.8, 4) is 0 Å². The van der Waals surface area contributed by atoms with Gasteiger partial charge in [0.2, 0.25) is 5.91 Å². The fourth-order valence-electron chi connectivity index (χ4n) is 2.83. The van der Waals surface area contributed by atoms with Crippen molar-refractivity contribution in [3.63, 3.8) is 0 Å². The maximum Gasteiger partial charge on any atom is 0.261 e. The van der Waals surface area contributed by atoms with Crippen LogP contribution in [0, 0.1) is 6.92 Å². The lowest BCUT2D eigenvalue weighted by Crippen LogP contribution is -2.32.